The van der Waals surface area contributed by atoms with E-state index in [1.165, 1.54) is 6.20 Å². The van der Waals surface area contributed by atoms with Gasteiger partial charge >= 0.3 is 0 Å². The first kappa shape index (κ1) is 19.9. The van der Waals surface area contributed by atoms with Crippen molar-refractivity contribution in [1.82, 2.24) is 15.0 Å². The molecule has 0 radical (unpaired) electrons. The van der Waals surface area contributed by atoms with E-state index in [-0.39, 0.29) is 5.91 Å². The van der Waals surface area contributed by atoms with Gasteiger partial charge in [-0.05, 0) is 43.2 Å². The van der Waals surface area contributed by atoms with Gasteiger partial charge in [-0.3, -0.25) is 14.8 Å². The van der Waals surface area contributed by atoms with Crippen molar-refractivity contribution in [1.29, 1.82) is 0 Å². The highest BCUT2D eigenvalue weighted by Gasteiger charge is 2.11. The van der Waals surface area contributed by atoms with Crippen LogP contribution in [0.15, 0.2) is 49.1 Å². The second-order valence-corrected chi connectivity index (χ2v) is 6.32. The van der Waals surface area contributed by atoms with Crippen LogP contribution in [0.25, 0.3) is 11.3 Å². The zero-order valence-corrected chi connectivity index (χ0v) is 16.2. The number of amides is 1. The number of hydrogen-bond donors (Lipinski definition) is 1. The Hall–Kier alpha value is -2.87. The molecule has 7 nitrogen and oxygen atoms in total. The van der Waals surface area contributed by atoms with Crippen LogP contribution in [0.4, 0.5) is 5.82 Å². The lowest BCUT2D eigenvalue weighted by molar-refractivity contribution is -0.300. The summed E-state index contributed by atoms with van der Waals surface area (Å²) in [5.74, 6) is 0.0759. The first-order valence-electron chi connectivity index (χ1n) is 8.65. The van der Waals surface area contributed by atoms with Gasteiger partial charge in [0.05, 0.1) is 29.7 Å². The summed E-state index contributed by atoms with van der Waals surface area (Å²) >= 11 is 6.30. The van der Waals surface area contributed by atoms with Crippen LogP contribution in [-0.2, 0) is 16.4 Å². The lowest BCUT2D eigenvalue weighted by Crippen LogP contribution is -2.14. The van der Waals surface area contributed by atoms with Crippen molar-refractivity contribution in [2.75, 3.05) is 11.9 Å². The maximum atomic E-state index is 12.4. The van der Waals surface area contributed by atoms with E-state index in [2.05, 4.69) is 20.3 Å². The van der Waals surface area contributed by atoms with E-state index in [9.17, 15) is 4.79 Å². The number of rotatable bonds is 7. The van der Waals surface area contributed by atoms with E-state index in [4.69, 9.17) is 21.4 Å². The van der Waals surface area contributed by atoms with Crippen molar-refractivity contribution in [3.8, 4) is 11.3 Å². The number of aryl methyl sites for hydroxylation is 1. The van der Waals surface area contributed by atoms with Gasteiger partial charge in [0.2, 0.25) is 0 Å². The van der Waals surface area contributed by atoms with Gasteiger partial charge in [-0.1, -0.05) is 17.7 Å². The van der Waals surface area contributed by atoms with Crippen LogP contribution in [0.3, 0.4) is 0 Å². The van der Waals surface area contributed by atoms with E-state index in [0.29, 0.717) is 35.3 Å². The number of hydrogen-bond acceptors (Lipinski definition) is 6. The van der Waals surface area contributed by atoms with Gasteiger partial charge in [0, 0.05) is 23.5 Å². The zero-order valence-electron chi connectivity index (χ0n) is 15.5. The first-order valence-corrected chi connectivity index (χ1v) is 9.03. The van der Waals surface area contributed by atoms with Crippen LogP contribution < -0.4 is 5.32 Å². The topological polar surface area (TPSA) is 86.2 Å². The quantitative estimate of drug-likeness (QED) is 0.364. The third kappa shape index (κ3) is 4.89. The number of nitrogens with zero attached hydrogens (tertiary/aromatic N) is 3. The Bertz CT molecular complexity index is 964. The number of pyridine rings is 1. The molecule has 3 aromatic rings. The Morgan fingerprint density at radius 3 is 2.71 bits per heavy atom. The third-order valence-electron chi connectivity index (χ3n) is 3.89. The van der Waals surface area contributed by atoms with Gasteiger partial charge in [0.15, 0.2) is 5.82 Å². The van der Waals surface area contributed by atoms with Crippen LogP contribution in [-0.4, -0.2) is 27.5 Å². The average Bonchev–Trinajstić information content (AvgIpc) is 2.70. The number of benzene rings is 1. The Labute approximate surface area is 167 Å². The number of anilines is 1. The minimum atomic E-state index is -0.268. The lowest BCUT2D eigenvalue weighted by atomic mass is 10.1. The highest BCUT2D eigenvalue weighted by Crippen LogP contribution is 2.27. The SMILES string of the molecule is CCOOCc1ccc(Cl)c(-c2cnc(NC(=O)c3ccncc3C)cn2)c1. The highest BCUT2D eigenvalue weighted by molar-refractivity contribution is 6.33. The predicted molar refractivity (Wildman–Crippen MR) is 106 cm³/mol. The maximum Gasteiger partial charge on any atom is 0.257 e. The van der Waals surface area contributed by atoms with Gasteiger partial charge in [-0.25, -0.2) is 14.8 Å². The average molecular weight is 399 g/mol. The zero-order chi connectivity index (χ0) is 19.9. The fraction of sp³-hybridized carbons (Fsp3) is 0.200. The molecule has 0 aliphatic rings. The normalized spacial score (nSPS) is 10.7. The molecule has 0 saturated carbocycles. The van der Waals surface area contributed by atoms with Gasteiger partial charge < -0.3 is 5.32 Å². The van der Waals surface area contributed by atoms with E-state index >= 15 is 0 Å². The largest absolute Gasteiger partial charge is 0.305 e. The minimum absolute atomic E-state index is 0.268. The number of carbonyl (C=O) groups is 1. The van der Waals surface area contributed by atoms with Crippen LogP contribution in [0.1, 0.15) is 28.4 Å². The van der Waals surface area contributed by atoms with Crippen LogP contribution >= 0.6 is 11.6 Å². The molecule has 8 heteroatoms. The Morgan fingerprint density at radius 1 is 1.14 bits per heavy atom. The molecule has 1 aromatic carbocycles. The summed E-state index contributed by atoms with van der Waals surface area (Å²) in [5, 5.41) is 3.27. The van der Waals surface area contributed by atoms with Crippen molar-refractivity contribution in [2.24, 2.45) is 0 Å². The molecule has 2 aromatic heterocycles. The molecule has 0 aliphatic heterocycles. The molecule has 144 valence electrons. The second-order valence-electron chi connectivity index (χ2n) is 5.91. The minimum Gasteiger partial charge on any atom is -0.305 e. The number of carbonyl (C=O) groups excluding carboxylic acids is 1. The van der Waals surface area contributed by atoms with Crippen LogP contribution in [0, 0.1) is 6.92 Å². The number of aromatic nitrogens is 3. The van der Waals surface area contributed by atoms with Crippen molar-refractivity contribution in [3.05, 3.63) is 70.8 Å². The summed E-state index contributed by atoms with van der Waals surface area (Å²) in [6, 6.07) is 7.14. The van der Waals surface area contributed by atoms with Crippen molar-refractivity contribution in [3.63, 3.8) is 0 Å². The molecule has 0 bridgehead atoms. The van der Waals surface area contributed by atoms with Gasteiger partial charge in [-0.15, -0.1) is 0 Å². The second kappa shape index (κ2) is 9.36. The summed E-state index contributed by atoms with van der Waals surface area (Å²) in [5.41, 5.74) is 3.50. The summed E-state index contributed by atoms with van der Waals surface area (Å²) in [7, 11) is 0. The highest BCUT2D eigenvalue weighted by atomic mass is 35.5. The van der Waals surface area contributed by atoms with E-state index < -0.39 is 0 Å². The molecule has 1 N–H and O–H groups in total. The number of nitrogens with one attached hydrogen (secondary N) is 1. The van der Waals surface area contributed by atoms with Gasteiger partial charge in [0.1, 0.15) is 6.61 Å². The summed E-state index contributed by atoms with van der Waals surface area (Å²) in [6.45, 7) is 4.43. The predicted octanol–water partition coefficient (Wildman–Crippen LogP) is 4.22. The molecular formula is C20H19ClN4O3. The monoisotopic (exact) mass is 398 g/mol. The molecule has 0 saturated heterocycles. The summed E-state index contributed by atoms with van der Waals surface area (Å²) in [4.78, 5) is 35.0. The van der Waals surface area contributed by atoms with Crippen LogP contribution in [0.5, 0.6) is 0 Å². The lowest BCUT2D eigenvalue weighted by Gasteiger charge is -2.09. The van der Waals surface area contributed by atoms with E-state index in [1.54, 1.807) is 30.7 Å². The molecule has 3 rings (SSSR count). The van der Waals surface area contributed by atoms with Crippen molar-refractivity contribution < 1.29 is 14.6 Å². The molecule has 0 spiro atoms. The maximum absolute atomic E-state index is 12.4. The van der Waals surface area contributed by atoms with Crippen molar-refractivity contribution >= 4 is 23.3 Å². The Balaban J connectivity index is 1.74. The number of halogens is 1. The van der Waals surface area contributed by atoms with E-state index in [1.807, 2.05) is 26.0 Å². The van der Waals surface area contributed by atoms with Gasteiger partial charge in [-0.2, -0.15) is 0 Å². The van der Waals surface area contributed by atoms with E-state index in [0.717, 1.165) is 16.7 Å². The molecular weight excluding hydrogens is 380 g/mol. The van der Waals surface area contributed by atoms with Crippen molar-refractivity contribution in [2.45, 2.75) is 20.5 Å². The fourth-order valence-electron chi connectivity index (χ4n) is 2.50. The summed E-state index contributed by atoms with van der Waals surface area (Å²) in [6.07, 6.45) is 6.25. The molecule has 0 aliphatic carbocycles. The summed E-state index contributed by atoms with van der Waals surface area (Å²) < 4.78 is 0. The first-order chi connectivity index (χ1) is 13.6. The fourth-order valence-corrected chi connectivity index (χ4v) is 2.71. The smallest absolute Gasteiger partial charge is 0.257 e. The molecule has 0 atom stereocenters. The molecule has 28 heavy (non-hydrogen) atoms. The van der Waals surface area contributed by atoms with Gasteiger partial charge in [0.25, 0.3) is 5.91 Å². The molecule has 1 amide bonds. The Kier molecular flexibility index (Phi) is 6.65. The molecule has 0 fully saturated rings. The standard InChI is InChI=1S/C20H19ClN4O3/c1-3-27-28-12-14-4-5-17(21)16(8-14)18-10-24-19(11-23-18)25-20(26)15-6-7-22-9-13(15)2/h4-11H,3,12H2,1-2H3,(H,24,25,26). The molecule has 2 heterocycles. The van der Waals surface area contributed by atoms with Crippen LogP contribution in [0.2, 0.25) is 5.02 Å². The third-order valence-corrected chi connectivity index (χ3v) is 4.22. The Morgan fingerprint density at radius 2 is 2.00 bits per heavy atom. The molecule has 0 unspecified atom stereocenters.